The number of nitrogens with one attached hydrogen (secondary N) is 2. The molecule has 0 bridgehead atoms. The van der Waals surface area contributed by atoms with Gasteiger partial charge in [0.1, 0.15) is 0 Å². The molecule has 1 rings (SSSR count). The van der Waals surface area contributed by atoms with Crippen molar-refractivity contribution in [3.63, 3.8) is 0 Å². The van der Waals surface area contributed by atoms with Gasteiger partial charge in [0.05, 0.1) is 6.04 Å². The molecule has 0 aromatic heterocycles. The van der Waals surface area contributed by atoms with E-state index in [4.69, 9.17) is 5.73 Å². The maximum Gasteiger partial charge on any atom is 0.251 e. The molecule has 0 aliphatic rings. The lowest BCUT2D eigenvalue weighted by atomic mass is 10.1. The highest BCUT2D eigenvalue weighted by atomic mass is 35.5. The number of carbonyl (C=O) groups excluding carboxylic acids is 2. The van der Waals surface area contributed by atoms with E-state index >= 15 is 0 Å². The van der Waals surface area contributed by atoms with Crippen LogP contribution in [0.3, 0.4) is 0 Å². The van der Waals surface area contributed by atoms with Gasteiger partial charge in [-0.1, -0.05) is 32.4 Å². The molecule has 2 atom stereocenters. The first-order valence-electron chi connectivity index (χ1n) is 7.91. The lowest BCUT2D eigenvalue weighted by Crippen LogP contribution is -2.40. The highest BCUT2D eigenvalue weighted by molar-refractivity contribution is 5.94. The van der Waals surface area contributed by atoms with Crippen LogP contribution in [-0.4, -0.2) is 23.9 Å². The van der Waals surface area contributed by atoms with Crippen LogP contribution < -0.4 is 16.4 Å². The Labute approximate surface area is 144 Å². The quantitative estimate of drug-likeness (QED) is 0.678. The molecule has 2 unspecified atom stereocenters. The molecule has 1 aromatic rings. The van der Waals surface area contributed by atoms with Gasteiger partial charge in [0, 0.05) is 18.2 Å². The van der Waals surface area contributed by atoms with Crippen molar-refractivity contribution >= 4 is 24.2 Å². The van der Waals surface area contributed by atoms with Gasteiger partial charge in [-0.25, -0.2) is 0 Å². The number of carbonyl (C=O) groups is 2. The Morgan fingerprint density at radius 3 is 2.57 bits per heavy atom. The Kier molecular flexibility index (Phi) is 10.3. The monoisotopic (exact) mass is 341 g/mol. The van der Waals surface area contributed by atoms with Crippen molar-refractivity contribution in [2.45, 2.75) is 58.7 Å². The summed E-state index contributed by atoms with van der Waals surface area (Å²) in [6.45, 7) is 6.36. The van der Waals surface area contributed by atoms with Crippen LogP contribution in [0.1, 0.15) is 56.0 Å². The van der Waals surface area contributed by atoms with E-state index in [1.807, 2.05) is 32.9 Å². The number of hydrogen-bond acceptors (Lipinski definition) is 3. The fourth-order valence-electron chi connectivity index (χ4n) is 1.99. The van der Waals surface area contributed by atoms with Crippen LogP contribution in [0, 0.1) is 0 Å². The molecule has 0 spiro atoms. The molecule has 130 valence electrons. The van der Waals surface area contributed by atoms with Crippen molar-refractivity contribution in [2.24, 2.45) is 5.73 Å². The number of halogens is 1. The molecule has 6 heteroatoms. The summed E-state index contributed by atoms with van der Waals surface area (Å²) in [6, 6.07) is 6.93. The van der Waals surface area contributed by atoms with Gasteiger partial charge in [-0.05, 0) is 37.5 Å². The van der Waals surface area contributed by atoms with Gasteiger partial charge in [-0.3, -0.25) is 9.59 Å². The normalized spacial score (nSPS) is 12.7. The van der Waals surface area contributed by atoms with Crippen molar-refractivity contribution in [3.8, 4) is 0 Å². The Bertz CT molecular complexity index is 508. The third kappa shape index (κ3) is 7.48. The van der Waals surface area contributed by atoms with Gasteiger partial charge in [0.15, 0.2) is 0 Å². The van der Waals surface area contributed by atoms with E-state index in [2.05, 4.69) is 10.6 Å². The van der Waals surface area contributed by atoms with Crippen LogP contribution in [0.15, 0.2) is 24.3 Å². The molecule has 5 nitrogen and oxygen atoms in total. The van der Waals surface area contributed by atoms with Crippen molar-refractivity contribution < 1.29 is 9.59 Å². The van der Waals surface area contributed by atoms with Crippen molar-refractivity contribution in [3.05, 3.63) is 35.4 Å². The van der Waals surface area contributed by atoms with E-state index in [1.165, 1.54) is 0 Å². The predicted molar refractivity (Wildman–Crippen MR) is 95.6 cm³/mol. The van der Waals surface area contributed by atoms with Crippen LogP contribution in [0.25, 0.3) is 0 Å². The Morgan fingerprint density at radius 2 is 1.96 bits per heavy atom. The molecule has 1 aromatic carbocycles. The number of rotatable bonds is 8. The van der Waals surface area contributed by atoms with E-state index < -0.39 is 6.04 Å². The SMILES string of the molecule is CCCC(N)C(=O)NCc1cccc(C(=O)NC(C)CC)c1.Cl. The average molecular weight is 342 g/mol. The number of hydrogen-bond donors (Lipinski definition) is 3. The third-order valence-electron chi connectivity index (χ3n) is 3.58. The molecule has 2 amide bonds. The van der Waals surface area contributed by atoms with E-state index in [0.717, 1.165) is 18.4 Å². The van der Waals surface area contributed by atoms with Gasteiger partial charge in [0.2, 0.25) is 5.91 Å². The van der Waals surface area contributed by atoms with E-state index in [9.17, 15) is 9.59 Å². The van der Waals surface area contributed by atoms with Gasteiger partial charge < -0.3 is 16.4 Å². The number of amides is 2. The molecule has 0 saturated carbocycles. The summed E-state index contributed by atoms with van der Waals surface area (Å²) in [7, 11) is 0. The molecule has 0 radical (unpaired) electrons. The van der Waals surface area contributed by atoms with Gasteiger partial charge >= 0.3 is 0 Å². The minimum absolute atomic E-state index is 0. The molecular formula is C17H28ClN3O2. The lowest BCUT2D eigenvalue weighted by molar-refractivity contribution is -0.122. The molecule has 23 heavy (non-hydrogen) atoms. The summed E-state index contributed by atoms with van der Waals surface area (Å²) in [5, 5.41) is 5.73. The summed E-state index contributed by atoms with van der Waals surface area (Å²) in [4.78, 5) is 23.9. The van der Waals surface area contributed by atoms with E-state index in [1.54, 1.807) is 12.1 Å². The molecule has 4 N–H and O–H groups in total. The van der Waals surface area contributed by atoms with Gasteiger partial charge in [0.25, 0.3) is 5.91 Å². The average Bonchev–Trinajstić information content (AvgIpc) is 2.52. The van der Waals surface area contributed by atoms with E-state index in [0.29, 0.717) is 18.5 Å². The minimum Gasteiger partial charge on any atom is -0.351 e. The second-order valence-electron chi connectivity index (χ2n) is 5.60. The van der Waals surface area contributed by atoms with Gasteiger partial charge in [-0.15, -0.1) is 12.4 Å². The highest BCUT2D eigenvalue weighted by Crippen LogP contribution is 2.06. The van der Waals surface area contributed by atoms with Crippen LogP contribution in [0.2, 0.25) is 0 Å². The fourth-order valence-corrected chi connectivity index (χ4v) is 1.99. The van der Waals surface area contributed by atoms with Crippen molar-refractivity contribution in [1.29, 1.82) is 0 Å². The van der Waals surface area contributed by atoms with Crippen LogP contribution in [0.5, 0.6) is 0 Å². The summed E-state index contributed by atoms with van der Waals surface area (Å²) in [6.07, 6.45) is 2.43. The summed E-state index contributed by atoms with van der Waals surface area (Å²) in [5.41, 5.74) is 7.25. The lowest BCUT2D eigenvalue weighted by Gasteiger charge is -2.13. The zero-order valence-electron chi connectivity index (χ0n) is 14.1. The summed E-state index contributed by atoms with van der Waals surface area (Å²) >= 11 is 0. The molecule has 0 aliphatic carbocycles. The molecule has 0 fully saturated rings. The highest BCUT2D eigenvalue weighted by Gasteiger charge is 2.12. The zero-order valence-corrected chi connectivity index (χ0v) is 14.9. The number of nitrogens with two attached hydrogens (primary N) is 1. The molecular weight excluding hydrogens is 314 g/mol. The zero-order chi connectivity index (χ0) is 16.5. The Hall–Kier alpha value is -1.59. The fraction of sp³-hybridized carbons (Fsp3) is 0.529. The standard InChI is InChI=1S/C17H27N3O2.ClH/c1-4-7-15(18)17(22)19-11-13-8-6-9-14(10-13)16(21)20-12(3)5-2;/h6,8-10,12,15H,4-5,7,11,18H2,1-3H3,(H,19,22)(H,20,21);1H. The van der Waals surface area contributed by atoms with Crippen molar-refractivity contribution in [2.75, 3.05) is 0 Å². The minimum atomic E-state index is -0.470. The largest absolute Gasteiger partial charge is 0.351 e. The Morgan fingerprint density at radius 1 is 1.26 bits per heavy atom. The smallest absolute Gasteiger partial charge is 0.251 e. The van der Waals surface area contributed by atoms with Gasteiger partial charge in [-0.2, -0.15) is 0 Å². The molecule has 0 saturated heterocycles. The maximum absolute atomic E-state index is 12.1. The topological polar surface area (TPSA) is 84.2 Å². The maximum atomic E-state index is 12.1. The van der Waals surface area contributed by atoms with Crippen LogP contribution in [0.4, 0.5) is 0 Å². The van der Waals surface area contributed by atoms with Crippen LogP contribution >= 0.6 is 12.4 Å². The van der Waals surface area contributed by atoms with Crippen molar-refractivity contribution in [1.82, 2.24) is 10.6 Å². The molecule has 0 aliphatic heterocycles. The second kappa shape index (κ2) is 11.0. The second-order valence-corrected chi connectivity index (χ2v) is 5.60. The predicted octanol–water partition coefficient (Wildman–Crippen LogP) is 2.38. The number of benzene rings is 1. The first kappa shape index (κ1) is 21.4. The molecule has 0 heterocycles. The van der Waals surface area contributed by atoms with Crippen LogP contribution in [-0.2, 0) is 11.3 Å². The first-order valence-corrected chi connectivity index (χ1v) is 7.91. The summed E-state index contributed by atoms with van der Waals surface area (Å²) < 4.78 is 0. The Balaban J connectivity index is 0.00000484. The third-order valence-corrected chi connectivity index (χ3v) is 3.58. The first-order chi connectivity index (χ1) is 10.5. The summed E-state index contributed by atoms with van der Waals surface area (Å²) in [5.74, 6) is -0.249. The van der Waals surface area contributed by atoms with E-state index in [-0.39, 0.29) is 30.3 Å².